The van der Waals surface area contributed by atoms with Crippen LogP contribution in [0.5, 0.6) is 5.75 Å². The molecule has 0 aliphatic rings. The van der Waals surface area contributed by atoms with E-state index in [0.717, 1.165) is 11.3 Å². The van der Waals surface area contributed by atoms with Crippen molar-refractivity contribution < 1.29 is 22.4 Å². The SMILES string of the molecule is CNS(=O)(=O)CCNC(=O)Cc1nc(-c2ccc(OC)cc2)oc1C. The fourth-order valence-electron chi connectivity index (χ4n) is 2.09. The summed E-state index contributed by atoms with van der Waals surface area (Å²) in [4.78, 5) is 16.3. The zero-order valence-electron chi connectivity index (χ0n) is 14.3. The number of nitrogens with zero attached hydrogens (tertiary/aromatic N) is 1. The molecule has 2 N–H and O–H groups in total. The van der Waals surface area contributed by atoms with E-state index in [9.17, 15) is 13.2 Å². The van der Waals surface area contributed by atoms with Crippen molar-refractivity contribution in [3.8, 4) is 17.2 Å². The summed E-state index contributed by atoms with van der Waals surface area (Å²) < 4.78 is 35.5. The number of carbonyl (C=O) groups excluding carboxylic acids is 1. The average Bonchev–Trinajstić information content (AvgIpc) is 2.95. The summed E-state index contributed by atoms with van der Waals surface area (Å²) in [6.07, 6.45) is 0.0189. The Labute approximate surface area is 146 Å². The van der Waals surface area contributed by atoms with Crippen LogP contribution in [0, 0.1) is 6.92 Å². The van der Waals surface area contributed by atoms with Gasteiger partial charge in [-0.25, -0.2) is 18.1 Å². The van der Waals surface area contributed by atoms with E-state index < -0.39 is 10.0 Å². The molecule has 2 rings (SSSR count). The molecule has 0 saturated heterocycles. The molecular formula is C16H21N3O5S. The maximum atomic E-state index is 11.9. The van der Waals surface area contributed by atoms with Gasteiger partial charge in [0.15, 0.2) is 0 Å². The summed E-state index contributed by atoms with van der Waals surface area (Å²) in [6, 6.07) is 7.22. The van der Waals surface area contributed by atoms with Crippen LogP contribution in [0.25, 0.3) is 11.5 Å². The summed E-state index contributed by atoms with van der Waals surface area (Å²) >= 11 is 0. The van der Waals surface area contributed by atoms with Gasteiger partial charge in [0.25, 0.3) is 0 Å². The number of hydrogen-bond acceptors (Lipinski definition) is 6. The van der Waals surface area contributed by atoms with E-state index in [2.05, 4.69) is 15.0 Å². The number of methoxy groups -OCH3 is 1. The van der Waals surface area contributed by atoms with Crippen molar-refractivity contribution in [1.82, 2.24) is 15.0 Å². The van der Waals surface area contributed by atoms with E-state index in [-0.39, 0.29) is 24.6 Å². The number of nitrogens with one attached hydrogen (secondary N) is 2. The topological polar surface area (TPSA) is 111 Å². The molecule has 9 heteroatoms. The predicted octanol–water partition coefficient (Wildman–Crippen LogP) is 0.867. The minimum Gasteiger partial charge on any atom is -0.497 e. The molecule has 2 aromatic rings. The number of rotatable bonds is 8. The third-order valence-electron chi connectivity index (χ3n) is 3.56. The molecule has 0 atom stereocenters. The quantitative estimate of drug-likeness (QED) is 0.716. The van der Waals surface area contributed by atoms with Crippen molar-refractivity contribution in [2.24, 2.45) is 0 Å². The van der Waals surface area contributed by atoms with Crippen molar-refractivity contribution in [2.45, 2.75) is 13.3 Å². The van der Waals surface area contributed by atoms with Crippen molar-refractivity contribution >= 4 is 15.9 Å². The lowest BCUT2D eigenvalue weighted by molar-refractivity contribution is -0.120. The smallest absolute Gasteiger partial charge is 0.226 e. The Balaban J connectivity index is 1.98. The zero-order chi connectivity index (χ0) is 18.4. The first-order valence-electron chi connectivity index (χ1n) is 7.63. The molecule has 0 spiro atoms. The summed E-state index contributed by atoms with van der Waals surface area (Å²) in [6.45, 7) is 1.76. The molecule has 0 bridgehead atoms. The number of sulfonamides is 1. The van der Waals surface area contributed by atoms with Gasteiger partial charge in [-0.3, -0.25) is 4.79 Å². The minimum atomic E-state index is -3.34. The van der Waals surface area contributed by atoms with Gasteiger partial charge < -0.3 is 14.5 Å². The van der Waals surface area contributed by atoms with Gasteiger partial charge in [0, 0.05) is 12.1 Å². The van der Waals surface area contributed by atoms with Gasteiger partial charge in [0.1, 0.15) is 11.5 Å². The van der Waals surface area contributed by atoms with E-state index in [1.165, 1.54) is 7.05 Å². The van der Waals surface area contributed by atoms with Crippen LogP contribution in [0.2, 0.25) is 0 Å². The first-order valence-corrected chi connectivity index (χ1v) is 9.28. The molecule has 0 saturated carbocycles. The summed E-state index contributed by atoms with van der Waals surface area (Å²) in [7, 11) is -0.427. The first kappa shape index (κ1) is 18.9. The molecule has 1 amide bonds. The van der Waals surface area contributed by atoms with Crippen LogP contribution in [-0.4, -0.2) is 45.8 Å². The van der Waals surface area contributed by atoms with Crippen LogP contribution in [0.4, 0.5) is 0 Å². The van der Waals surface area contributed by atoms with Crippen LogP contribution in [-0.2, 0) is 21.2 Å². The van der Waals surface area contributed by atoms with E-state index in [1.54, 1.807) is 26.2 Å². The van der Waals surface area contributed by atoms with E-state index in [4.69, 9.17) is 9.15 Å². The molecule has 0 aliphatic carbocycles. The fraction of sp³-hybridized carbons (Fsp3) is 0.375. The molecule has 1 heterocycles. The van der Waals surface area contributed by atoms with E-state index in [0.29, 0.717) is 17.3 Å². The maximum Gasteiger partial charge on any atom is 0.226 e. The lowest BCUT2D eigenvalue weighted by Crippen LogP contribution is -2.33. The predicted molar refractivity (Wildman–Crippen MR) is 92.8 cm³/mol. The molecule has 1 aromatic carbocycles. The standard InChI is InChI=1S/C16H21N3O5S/c1-11-14(10-15(20)18-8-9-25(21,22)17-2)19-16(24-11)12-4-6-13(23-3)7-5-12/h4-7,17H,8-10H2,1-3H3,(H,18,20). The average molecular weight is 367 g/mol. The monoisotopic (exact) mass is 367 g/mol. The Kier molecular flexibility index (Phi) is 6.16. The number of aryl methyl sites for hydroxylation is 1. The van der Waals surface area contributed by atoms with Crippen LogP contribution < -0.4 is 14.8 Å². The van der Waals surface area contributed by atoms with E-state index in [1.807, 2.05) is 12.1 Å². The molecule has 0 aliphatic heterocycles. The Morgan fingerprint density at radius 2 is 1.96 bits per heavy atom. The second-order valence-electron chi connectivity index (χ2n) is 5.30. The van der Waals surface area contributed by atoms with Gasteiger partial charge in [0.05, 0.1) is 25.0 Å². The highest BCUT2D eigenvalue weighted by Gasteiger charge is 2.15. The largest absolute Gasteiger partial charge is 0.497 e. The molecule has 136 valence electrons. The van der Waals surface area contributed by atoms with Crippen LogP contribution in [0.1, 0.15) is 11.5 Å². The van der Waals surface area contributed by atoms with Crippen LogP contribution >= 0.6 is 0 Å². The summed E-state index contributed by atoms with van der Waals surface area (Å²) in [5.74, 6) is 1.20. The van der Waals surface area contributed by atoms with Crippen molar-refractivity contribution in [3.05, 3.63) is 35.7 Å². The van der Waals surface area contributed by atoms with Gasteiger partial charge in [-0.2, -0.15) is 0 Å². The third kappa shape index (κ3) is 5.30. The molecule has 25 heavy (non-hydrogen) atoms. The number of carbonyl (C=O) groups is 1. The molecular weight excluding hydrogens is 346 g/mol. The Morgan fingerprint density at radius 1 is 1.28 bits per heavy atom. The lowest BCUT2D eigenvalue weighted by Gasteiger charge is -2.04. The summed E-state index contributed by atoms with van der Waals surface area (Å²) in [5.41, 5.74) is 1.29. The van der Waals surface area contributed by atoms with Gasteiger partial charge in [0.2, 0.25) is 21.8 Å². The maximum absolute atomic E-state index is 11.9. The highest BCUT2D eigenvalue weighted by Crippen LogP contribution is 2.24. The molecule has 8 nitrogen and oxygen atoms in total. The van der Waals surface area contributed by atoms with Crippen LogP contribution in [0.3, 0.4) is 0 Å². The number of hydrogen-bond donors (Lipinski definition) is 2. The minimum absolute atomic E-state index is 0.0189. The molecule has 0 radical (unpaired) electrons. The number of aromatic nitrogens is 1. The second-order valence-corrected chi connectivity index (χ2v) is 7.35. The van der Waals surface area contributed by atoms with Gasteiger partial charge in [-0.1, -0.05) is 0 Å². The van der Waals surface area contributed by atoms with Gasteiger partial charge in [-0.15, -0.1) is 0 Å². The van der Waals surface area contributed by atoms with Crippen LogP contribution in [0.15, 0.2) is 28.7 Å². The number of oxazole rings is 1. The Hall–Kier alpha value is -2.39. The first-order chi connectivity index (χ1) is 11.8. The van der Waals surface area contributed by atoms with E-state index >= 15 is 0 Å². The van der Waals surface area contributed by atoms with Crippen molar-refractivity contribution in [2.75, 3.05) is 26.5 Å². The number of benzene rings is 1. The third-order valence-corrected chi connectivity index (χ3v) is 4.93. The highest BCUT2D eigenvalue weighted by molar-refractivity contribution is 7.89. The fourth-order valence-corrected chi connectivity index (χ4v) is 2.67. The zero-order valence-corrected chi connectivity index (χ0v) is 15.1. The van der Waals surface area contributed by atoms with Gasteiger partial charge >= 0.3 is 0 Å². The number of ether oxygens (including phenoxy) is 1. The number of amides is 1. The lowest BCUT2D eigenvalue weighted by atomic mass is 10.2. The molecule has 0 unspecified atom stereocenters. The summed E-state index contributed by atoms with van der Waals surface area (Å²) in [5, 5.41) is 2.56. The Morgan fingerprint density at radius 3 is 2.56 bits per heavy atom. The van der Waals surface area contributed by atoms with Crippen molar-refractivity contribution in [3.63, 3.8) is 0 Å². The normalized spacial score (nSPS) is 11.3. The van der Waals surface area contributed by atoms with Gasteiger partial charge in [-0.05, 0) is 38.2 Å². The highest BCUT2D eigenvalue weighted by atomic mass is 32.2. The Bertz CT molecular complexity index is 828. The second kappa shape index (κ2) is 8.13. The molecule has 1 aromatic heterocycles. The molecule has 0 fully saturated rings. The van der Waals surface area contributed by atoms with Crippen molar-refractivity contribution in [1.29, 1.82) is 0 Å².